The molecule has 4 rings (SSSR count). The standard InChI is InChI=1S/C47H58O25/c1-11-32-33(34(44(57)58-10)19-62-45(32)72-47-43(69-29(9)55)41(67-27(7)53)38(64-24(4)50)35(71-47)20-60-22(2)48)18-37(56)61-21-36-39(65-25(5)51)40(66-26(6)52)42(68-28(8)54)46(70-36)59-17-16-30-12-14-31(15-13-30)63-23(3)49/h11-15,19,33,35-36,38-43,45-47H,16-18,20-21H2,1-10H3. The number of benzene rings is 1. The molecule has 3 aliphatic rings. The Morgan fingerprint density at radius 3 is 1.51 bits per heavy atom. The number of rotatable bonds is 20. The number of carbonyl (C=O) groups is 10. The number of allylic oxidation sites excluding steroid dienone is 1. The molecular weight excluding hydrogens is 964 g/mol. The summed E-state index contributed by atoms with van der Waals surface area (Å²) in [6.45, 7) is 8.78. The second kappa shape index (κ2) is 27.0. The van der Waals surface area contributed by atoms with E-state index in [0.717, 1.165) is 67.4 Å². The first-order valence-electron chi connectivity index (χ1n) is 22.3. The van der Waals surface area contributed by atoms with Gasteiger partial charge in [0.25, 0.3) is 0 Å². The van der Waals surface area contributed by atoms with E-state index >= 15 is 0 Å². The molecule has 2 saturated heterocycles. The van der Waals surface area contributed by atoms with Crippen LogP contribution in [0.5, 0.6) is 5.75 Å². The minimum atomic E-state index is -1.75. The summed E-state index contributed by atoms with van der Waals surface area (Å²) in [6, 6.07) is 6.49. The van der Waals surface area contributed by atoms with E-state index in [9.17, 15) is 47.9 Å². The Kier molecular flexibility index (Phi) is 21.6. The second-order valence-electron chi connectivity index (χ2n) is 16.1. The lowest BCUT2D eigenvalue weighted by Gasteiger charge is -2.45. The summed E-state index contributed by atoms with van der Waals surface area (Å²) >= 11 is 0. The summed E-state index contributed by atoms with van der Waals surface area (Å²) in [4.78, 5) is 125. The minimum absolute atomic E-state index is 0.0723. The summed E-state index contributed by atoms with van der Waals surface area (Å²) in [7, 11) is 1.08. The number of hydrogen-bond donors (Lipinski definition) is 0. The molecule has 72 heavy (non-hydrogen) atoms. The molecule has 0 N–H and O–H groups in total. The molecule has 3 aliphatic heterocycles. The molecule has 0 spiro atoms. The Labute approximate surface area is 412 Å². The molecule has 2 fully saturated rings. The maximum atomic E-state index is 14.0. The van der Waals surface area contributed by atoms with E-state index < -0.39 is 153 Å². The van der Waals surface area contributed by atoms with Crippen LogP contribution in [0.1, 0.15) is 74.3 Å². The highest BCUT2D eigenvalue weighted by Crippen LogP contribution is 2.38. The lowest BCUT2D eigenvalue weighted by Crippen LogP contribution is -2.63. The molecule has 25 heteroatoms. The zero-order chi connectivity index (χ0) is 53.4. The normalized spacial score (nSPS) is 27.2. The first-order chi connectivity index (χ1) is 34.0. The second-order valence-corrected chi connectivity index (χ2v) is 16.1. The highest BCUT2D eigenvalue weighted by Gasteiger charge is 2.55. The summed E-state index contributed by atoms with van der Waals surface area (Å²) in [5, 5.41) is 0. The zero-order valence-corrected chi connectivity index (χ0v) is 41.1. The third-order valence-corrected chi connectivity index (χ3v) is 10.5. The van der Waals surface area contributed by atoms with E-state index in [1.54, 1.807) is 24.3 Å². The first-order valence-corrected chi connectivity index (χ1v) is 22.3. The summed E-state index contributed by atoms with van der Waals surface area (Å²) in [6.07, 6.45) is -15.2. The molecule has 0 aliphatic carbocycles. The van der Waals surface area contributed by atoms with Crippen molar-refractivity contribution in [3.63, 3.8) is 0 Å². The average molecular weight is 1020 g/mol. The number of methoxy groups -OCH3 is 1. The van der Waals surface area contributed by atoms with Crippen molar-refractivity contribution in [3.05, 3.63) is 53.3 Å². The van der Waals surface area contributed by atoms with Crippen LogP contribution in [0.4, 0.5) is 0 Å². The Bertz CT molecular complexity index is 2220. The van der Waals surface area contributed by atoms with E-state index in [0.29, 0.717) is 5.75 Å². The van der Waals surface area contributed by atoms with E-state index in [-0.39, 0.29) is 24.2 Å². The fourth-order valence-electron chi connectivity index (χ4n) is 7.75. The van der Waals surface area contributed by atoms with Crippen LogP contribution in [-0.4, -0.2) is 154 Å². The fraction of sp³-hybridized carbons (Fsp3) is 0.574. The van der Waals surface area contributed by atoms with Gasteiger partial charge in [0.15, 0.2) is 42.9 Å². The van der Waals surface area contributed by atoms with Crippen molar-refractivity contribution in [1.29, 1.82) is 0 Å². The van der Waals surface area contributed by atoms with Crippen LogP contribution in [0.2, 0.25) is 0 Å². The van der Waals surface area contributed by atoms with Crippen molar-refractivity contribution in [2.45, 2.75) is 143 Å². The van der Waals surface area contributed by atoms with Crippen LogP contribution in [0.3, 0.4) is 0 Å². The minimum Gasteiger partial charge on any atom is -0.468 e. The Balaban J connectivity index is 1.63. The fourth-order valence-corrected chi connectivity index (χ4v) is 7.75. The summed E-state index contributed by atoms with van der Waals surface area (Å²) < 4.78 is 84.1. The molecule has 0 amide bonds. The molecule has 12 unspecified atom stereocenters. The van der Waals surface area contributed by atoms with Crippen molar-refractivity contribution in [2.24, 2.45) is 5.92 Å². The van der Waals surface area contributed by atoms with Crippen molar-refractivity contribution < 1.29 is 119 Å². The van der Waals surface area contributed by atoms with Crippen LogP contribution in [0, 0.1) is 5.92 Å². The molecule has 0 radical (unpaired) electrons. The SMILES string of the molecule is CC=C1C(OC2OC(COC(C)=O)C(OC(C)=O)C(OC(C)=O)C2OC(C)=O)OC=C(C(=O)OC)C1CC(=O)OCC1OC(OCCc2ccc(OC(C)=O)cc2)C(OC(C)=O)C(OC(C)=O)C1OC(C)=O. The monoisotopic (exact) mass is 1020 g/mol. The van der Waals surface area contributed by atoms with Gasteiger partial charge in [0.05, 0.1) is 32.0 Å². The van der Waals surface area contributed by atoms with E-state index in [1.807, 2.05) is 0 Å². The van der Waals surface area contributed by atoms with Crippen LogP contribution >= 0.6 is 0 Å². The lowest BCUT2D eigenvalue weighted by molar-refractivity contribution is -0.331. The third kappa shape index (κ3) is 16.8. The van der Waals surface area contributed by atoms with Crippen molar-refractivity contribution in [1.82, 2.24) is 0 Å². The first kappa shape index (κ1) is 57.6. The largest absolute Gasteiger partial charge is 0.468 e. The molecule has 0 aromatic heterocycles. The molecule has 0 bridgehead atoms. The molecule has 0 saturated carbocycles. The molecule has 1 aromatic rings. The van der Waals surface area contributed by atoms with Gasteiger partial charge < -0.3 is 71.1 Å². The van der Waals surface area contributed by atoms with Crippen molar-refractivity contribution in [3.8, 4) is 5.75 Å². The third-order valence-electron chi connectivity index (χ3n) is 10.5. The summed E-state index contributed by atoms with van der Waals surface area (Å²) in [5.74, 6) is -9.44. The predicted molar refractivity (Wildman–Crippen MR) is 234 cm³/mol. The van der Waals surface area contributed by atoms with E-state index in [4.69, 9.17) is 71.1 Å². The number of carbonyl (C=O) groups excluding carboxylic acids is 10. The maximum absolute atomic E-state index is 14.0. The number of hydrogen-bond acceptors (Lipinski definition) is 25. The Morgan fingerprint density at radius 1 is 0.569 bits per heavy atom. The van der Waals surface area contributed by atoms with Crippen LogP contribution in [0.15, 0.2) is 47.7 Å². The van der Waals surface area contributed by atoms with Gasteiger partial charge in [0.1, 0.15) is 31.2 Å². The quantitative estimate of drug-likeness (QED) is 0.0776. The van der Waals surface area contributed by atoms with Gasteiger partial charge in [-0.25, -0.2) is 4.79 Å². The van der Waals surface area contributed by atoms with Crippen LogP contribution < -0.4 is 4.74 Å². The number of esters is 10. The zero-order valence-electron chi connectivity index (χ0n) is 41.1. The molecule has 12 atom stereocenters. The van der Waals surface area contributed by atoms with Gasteiger partial charge in [-0.3, -0.25) is 43.2 Å². The highest BCUT2D eigenvalue weighted by atomic mass is 16.8. The molecular formula is C47H58O25. The Hall–Kier alpha value is -6.96. The van der Waals surface area contributed by atoms with Gasteiger partial charge in [0, 0.05) is 66.9 Å². The summed E-state index contributed by atoms with van der Waals surface area (Å²) in [5.41, 5.74) is 0.595. The van der Waals surface area contributed by atoms with Gasteiger partial charge in [-0.2, -0.15) is 0 Å². The smallest absolute Gasteiger partial charge is 0.337 e. The van der Waals surface area contributed by atoms with E-state index in [1.165, 1.54) is 19.9 Å². The Morgan fingerprint density at radius 2 is 1.04 bits per heavy atom. The predicted octanol–water partition coefficient (Wildman–Crippen LogP) is 1.70. The van der Waals surface area contributed by atoms with Gasteiger partial charge in [-0.15, -0.1) is 0 Å². The van der Waals surface area contributed by atoms with Gasteiger partial charge in [-0.1, -0.05) is 18.2 Å². The molecule has 3 heterocycles. The van der Waals surface area contributed by atoms with Gasteiger partial charge >= 0.3 is 59.7 Å². The van der Waals surface area contributed by atoms with E-state index in [2.05, 4.69) is 0 Å². The maximum Gasteiger partial charge on any atom is 0.337 e. The molecule has 1 aromatic carbocycles. The topological polar surface area (TPSA) is 309 Å². The molecule has 396 valence electrons. The molecule has 25 nitrogen and oxygen atoms in total. The van der Waals surface area contributed by atoms with Crippen LogP contribution in [0.25, 0.3) is 0 Å². The highest BCUT2D eigenvalue weighted by molar-refractivity contribution is 5.90. The van der Waals surface area contributed by atoms with Crippen molar-refractivity contribution >= 4 is 59.7 Å². The average Bonchev–Trinajstić information content (AvgIpc) is 3.28. The van der Waals surface area contributed by atoms with Gasteiger partial charge in [-0.05, 0) is 31.0 Å². The van der Waals surface area contributed by atoms with Crippen LogP contribution in [-0.2, 0) is 121 Å². The van der Waals surface area contributed by atoms with Crippen molar-refractivity contribution in [2.75, 3.05) is 26.9 Å². The van der Waals surface area contributed by atoms with Gasteiger partial charge in [0.2, 0.25) is 12.6 Å². The lowest BCUT2D eigenvalue weighted by atomic mass is 9.86. The number of ether oxygens (including phenoxy) is 15.